The first-order chi connectivity index (χ1) is 15.0. The van der Waals surface area contributed by atoms with Gasteiger partial charge in [-0.3, -0.25) is 9.69 Å². The molecule has 2 saturated heterocycles. The fourth-order valence-electron chi connectivity index (χ4n) is 4.80. The number of carboxylic acids is 2. The third-order valence-electron chi connectivity index (χ3n) is 6.42. The van der Waals surface area contributed by atoms with Gasteiger partial charge in [0.25, 0.3) is 0 Å². The van der Waals surface area contributed by atoms with Crippen LogP contribution in [0.5, 0.6) is 0 Å². The molecule has 1 amide bonds. The van der Waals surface area contributed by atoms with Gasteiger partial charge in [-0.25, -0.2) is 9.59 Å². The first kappa shape index (κ1) is 23.2. The summed E-state index contributed by atoms with van der Waals surface area (Å²) in [6.07, 6.45) is 8.77. The van der Waals surface area contributed by atoms with Crippen LogP contribution in [0.2, 0.25) is 0 Å². The van der Waals surface area contributed by atoms with Crippen molar-refractivity contribution in [2.45, 2.75) is 51.0 Å². The Morgan fingerprint density at radius 2 is 1.48 bits per heavy atom. The summed E-state index contributed by atoms with van der Waals surface area (Å²) in [5.74, 6) is -3.37. The summed E-state index contributed by atoms with van der Waals surface area (Å²) in [6.45, 7) is 6.17. The van der Waals surface area contributed by atoms with Crippen LogP contribution in [0.4, 0.5) is 5.69 Å². The molecule has 3 aliphatic heterocycles. The van der Waals surface area contributed by atoms with E-state index in [1.54, 1.807) is 0 Å². The zero-order chi connectivity index (χ0) is 22.2. The lowest BCUT2D eigenvalue weighted by molar-refractivity contribution is -0.159. The Kier molecular flexibility index (Phi) is 8.43. The van der Waals surface area contributed by atoms with Gasteiger partial charge in [0.05, 0.1) is 6.54 Å². The average molecular weight is 432 g/mol. The second kappa shape index (κ2) is 11.2. The molecule has 2 N–H and O–H groups in total. The Balaban J connectivity index is 0.000000401. The molecule has 1 aromatic carbocycles. The molecule has 0 unspecified atom stereocenters. The molecule has 0 radical (unpaired) electrons. The highest BCUT2D eigenvalue weighted by atomic mass is 16.4. The van der Waals surface area contributed by atoms with Crippen LogP contribution in [0.3, 0.4) is 0 Å². The lowest BCUT2D eigenvalue weighted by Crippen LogP contribution is -2.49. The molecule has 0 atom stereocenters. The van der Waals surface area contributed by atoms with E-state index in [-0.39, 0.29) is 5.91 Å². The minimum atomic E-state index is -1.82. The smallest absolute Gasteiger partial charge is 0.414 e. The van der Waals surface area contributed by atoms with Crippen LogP contribution in [0.1, 0.15) is 44.1 Å². The summed E-state index contributed by atoms with van der Waals surface area (Å²) in [5.41, 5.74) is 2.47. The molecule has 0 aliphatic carbocycles. The zero-order valence-corrected chi connectivity index (χ0v) is 18.0. The van der Waals surface area contributed by atoms with Crippen LogP contribution in [0.15, 0.2) is 24.3 Å². The average Bonchev–Trinajstić information content (AvgIpc) is 2.80. The monoisotopic (exact) mass is 431 g/mol. The maximum Gasteiger partial charge on any atom is 0.414 e. The first-order valence-electron chi connectivity index (χ1n) is 11.3. The summed E-state index contributed by atoms with van der Waals surface area (Å²) in [5, 5.41) is 14.8. The molecular formula is C23H33N3O5. The molecule has 3 heterocycles. The van der Waals surface area contributed by atoms with Crippen LogP contribution >= 0.6 is 0 Å². The van der Waals surface area contributed by atoms with E-state index in [2.05, 4.69) is 34.1 Å². The minimum Gasteiger partial charge on any atom is -0.473 e. The number of likely N-dealkylation sites (tertiary alicyclic amines) is 2. The Bertz CT molecular complexity index is 758. The highest BCUT2D eigenvalue weighted by molar-refractivity contribution is 6.27. The van der Waals surface area contributed by atoms with Crippen LogP contribution in [-0.4, -0.2) is 83.2 Å². The summed E-state index contributed by atoms with van der Waals surface area (Å²) in [4.78, 5) is 38.2. The summed E-state index contributed by atoms with van der Waals surface area (Å²) in [7, 11) is 0. The number of amides is 1. The normalized spacial score (nSPS) is 20.3. The minimum absolute atomic E-state index is 0.281. The number of aryl methyl sites for hydroxylation is 1. The van der Waals surface area contributed by atoms with Crippen molar-refractivity contribution >= 4 is 23.5 Å². The number of nitrogens with zero attached hydrogens (tertiary/aromatic N) is 3. The molecule has 0 aromatic heterocycles. The van der Waals surface area contributed by atoms with E-state index in [0.717, 1.165) is 44.2 Å². The van der Waals surface area contributed by atoms with Gasteiger partial charge in [0.15, 0.2) is 0 Å². The molecule has 31 heavy (non-hydrogen) atoms. The lowest BCUT2D eigenvalue weighted by Gasteiger charge is -2.40. The van der Waals surface area contributed by atoms with E-state index in [9.17, 15) is 4.79 Å². The number of benzene rings is 1. The van der Waals surface area contributed by atoms with Gasteiger partial charge in [0.1, 0.15) is 0 Å². The second-order valence-electron chi connectivity index (χ2n) is 8.49. The topological polar surface area (TPSA) is 101 Å². The number of carboxylic acid groups (broad SMARTS) is 2. The van der Waals surface area contributed by atoms with Gasteiger partial charge in [-0.2, -0.15) is 0 Å². The number of hydrogen-bond acceptors (Lipinski definition) is 5. The van der Waals surface area contributed by atoms with Gasteiger partial charge in [0, 0.05) is 31.4 Å². The predicted molar refractivity (Wildman–Crippen MR) is 117 cm³/mol. The number of anilines is 1. The number of hydrogen-bond donors (Lipinski definition) is 2. The lowest BCUT2D eigenvalue weighted by atomic mass is 9.99. The number of carbonyl (C=O) groups excluding carboxylic acids is 1. The van der Waals surface area contributed by atoms with Crippen LogP contribution in [0.25, 0.3) is 0 Å². The van der Waals surface area contributed by atoms with Gasteiger partial charge in [-0.1, -0.05) is 24.6 Å². The molecule has 0 saturated carbocycles. The fourth-order valence-corrected chi connectivity index (χ4v) is 4.80. The SMILES string of the molecule is O=C(CN1CCC(N2CCCCC2)CC1)N1CCCc2ccccc21.O=C(O)C(=O)O. The molecule has 0 spiro atoms. The molecule has 2 fully saturated rings. The van der Waals surface area contributed by atoms with E-state index in [4.69, 9.17) is 19.8 Å². The maximum absolute atomic E-state index is 12.9. The number of para-hydroxylation sites is 1. The van der Waals surface area contributed by atoms with Crippen LogP contribution in [0, 0.1) is 0 Å². The maximum atomic E-state index is 12.9. The van der Waals surface area contributed by atoms with Crippen LogP contribution in [-0.2, 0) is 20.8 Å². The van der Waals surface area contributed by atoms with E-state index in [0.29, 0.717) is 6.54 Å². The number of rotatable bonds is 3. The molecule has 4 rings (SSSR count). The highest BCUT2D eigenvalue weighted by Gasteiger charge is 2.28. The van der Waals surface area contributed by atoms with Crippen molar-refractivity contribution in [1.82, 2.24) is 9.80 Å². The van der Waals surface area contributed by atoms with Crippen molar-refractivity contribution in [1.29, 1.82) is 0 Å². The molecule has 8 heteroatoms. The number of carbonyl (C=O) groups is 3. The van der Waals surface area contributed by atoms with Crippen molar-refractivity contribution in [3.8, 4) is 0 Å². The van der Waals surface area contributed by atoms with Crippen molar-refractivity contribution < 1.29 is 24.6 Å². The third kappa shape index (κ3) is 6.51. The fraction of sp³-hybridized carbons (Fsp3) is 0.609. The van der Waals surface area contributed by atoms with Gasteiger partial charge in [0.2, 0.25) is 5.91 Å². The van der Waals surface area contributed by atoms with Crippen molar-refractivity contribution in [2.75, 3.05) is 44.2 Å². The van der Waals surface area contributed by atoms with E-state index in [1.807, 2.05) is 4.90 Å². The molecule has 170 valence electrons. The Morgan fingerprint density at radius 1 is 0.839 bits per heavy atom. The largest absolute Gasteiger partial charge is 0.473 e. The van der Waals surface area contributed by atoms with Gasteiger partial charge >= 0.3 is 11.9 Å². The van der Waals surface area contributed by atoms with Gasteiger partial charge < -0.3 is 20.0 Å². The summed E-state index contributed by atoms with van der Waals surface area (Å²) < 4.78 is 0. The number of piperidine rings is 2. The van der Waals surface area contributed by atoms with Crippen LogP contribution < -0.4 is 4.90 Å². The molecular weight excluding hydrogens is 398 g/mol. The molecule has 3 aliphatic rings. The van der Waals surface area contributed by atoms with Crippen molar-refractivity contribution in [3.05, 3.63) is 29.8 Å². The van der Waals surface area contributed by atoms with E-state index >= 15 is 0 Å². The molecule has 8 nitrogen and oxygen atoms in total. The molecule has 0 bridgehead atoms. The van der Waals surface area contributed by atoms with Crippen molar-refractivity contribution in [3.63, 3.8) is 0 Å². The van der Waals surface area contributed by atoms with Gasteiger partial charge in [-0.15, -0.1) is 0 Å². The standard InChI is InChI=1S/C21H31N3O.C2H2O4/c25-21(24-14-6-8-18-7-2-3-9-20(18)24)17-22-15-10-19(11-16-22)23-12-4-1-5-13-23;3-1(4)2(5)6/h2-3,7,9,19H,1,4-6,8,10-17H2;(H,3,4)(H,5,6). The van der Waals surface area contributed by atoms with E-state index < -0.39 is 11.9 Å². The van der Waals surface area contributed by atoms with Gasteiger partial charge in [-0.05, 0) is 63.2 Å². The first-order valence-corrected chi connectivity index (χ1v) is 11.3. The Morgan fingerprint density at radius 3 is 2.13 bits per heavy atom. The second-order valence-corrected chi connectivity index (χ2v) is 8.49. The number of aliphatic carboxylic acids is 2. The zero-order valence-electron chi connectivity index (χ0n) is 18.0. The Labute approximate surface area is 183 Å². The highest BCUT2D eigenvalue weighted by Crippen LogP contribution is 2.27. The van der Waals surface area contributed by atoms with Crippen molar-refractivity contribution in [2.24, 2.45) is 0 Å². The predicted octanol–water partition coefficient (Wildman–Crippen LogP) is 2.07. The quantitative estimate of drug-likeness (QED) is 0.707. The number of fused-ring (bicyclic) bond motifs is 1. The molecule has 1 aromatic rings. The Hall–Kier alpha value is -2.45. The van der Waals surface area contributed by atoms with E-state index in [1.165, 1.54) is 50.8 Å². The third-order valence-corrected chi connectivity index (χ3v) is 6.42. The summed E-state index contributed by atoms with van der Waals surface area (Å²) >= 11 is 0. The summed E-state index contributed by atoms with van der Waals surface area (Å²) in [6, 6.07) is 9.16.